The van der Waals surface area contributed by atoms with Crippen molar-refractivity contribution in [2.45, 2.75) is 46.6 Å². The lowest BCUT2D eigenvalue weighted by Gasteiger charge is -2.34. The Bertz CT molecular complexity index is 1300. The van der Waals surface area contributed by atoms with E-state index in [1.54, 1.807) is 24.5 Å². The van der Waals surface area contributed by atoms with E-state index >= 15 is 0 Å². The number of ether oxygens (including phenoxy) is 1. The number of rotatable bonds is 4. The molecule has 0 radical (unpaired) electrons. The summed E-state index contributed by atoms with van der Waals surface area (Å²) in [6.07, 6.45) is 3.13. The molecule has 1 atom stereocenters. The summed E-state index contributed by atoms with van der Waals surface area (Å²) in [5.74, 6) is 2.05. The summed E-state index contributed by atoms with van der Waals surface area (Å²) < 4.78 is 5.25. The lowest BCUT2D eigenvalue weighted by molar-refractivity contribution is 0.0625. The molecule has 1 aliphatic carbocycles. The van der Waals surface area contributed by atoms with Crippen LogP contribution < -0.4 is 10.3 Å². The fourth-order valence-electron chi connectivity index (χ4n) is 5.30. The van der Waals surface area contributed by atoms with Crippen LogP contribution in [-0.2, 0) is 19.4 Å². The molecule has 1 fully saturated rings. The normalized spacial score (nSPS) is 19.1. The molecule has 3 heterocycles. The van der Waals surface area contributed by atoms with E-state index in [0.717, 1.165) is 42.6 Å². The van der Waals surface area contributed by atoms with Gasteiger partial charge in [-0.15, -0.1) is 11.3 Å². The van der Waals surface area contributed by atoms with Crippen molar-refractivity contribution in [2.75, 3.05) is 33.3 Å². The minimum absolute atomic E-state index is 0.0106. The standard InChI is InChI=1S/C27H34N4O3S/c1-27(2,3)18-8-9-20-21(15-18)35-25-23(20)24(32)28-22(29-25)16-30-10-12-31(13-11-30)26(33)17-6-5-7-19(14-17)34-4/h5-7,14,18H,8-13,15-16H2,1-4H3,(H,28,29,32). The van der Waals surface area contributed by atoms with Gasteiger partial charge in [0.05, 0.1) is 19.0 Å². The largest absolute Gasteiger partial charge is 0.497 e. The molecule has 0 saturated carbocycles. The van der Waals surface area contributed by atoms with Crippen molar-refractivity contribution in [3.05, 3.63) is 56.4 Å². The van der Waals surface area contributed by atoms with Crippen LogP contribution in [0, 0.1) is 11.3 Å². The number of thiophene rings is 1. The van der Waals surface area contributed by atoms with Crippen molar-refractivity contribution in [3.63, 3.8) is 0 Å². The van der Waals surface area contributed by atoms with Gasteiger partial charge in [0, 0.05) is 36.6 Å². The molecule has 1 N–H and O–H groups in total. The number of hydrogen-bond donors (Lipinski definition) is 1. The second kappa shape index (κ2) is 9.39. The van der Waals surface area contributed by atoms with Gasteiger partial charge < -0.3 is 14.6 Å². The summed E-state index contributed by atoms with van der Waals surface area (Å²) in [5, 5.41) is 0.801. The number of benzene rings is 1. The molecule has 1 aromatic carbocycles. The zero-order valence-corrected chi connectivity index (χ0v) is 21.8. The van der Waals surface area contributed by atoms with Gasteiger partial charge in [-0.05, 0) is 54.4 Å². The van der Waals surface area contributed by atoms with Crippen molar-refractivity contribution >= 4 is 27.5 Å². The first-order chi connectivity index (χ1) is 16.7. The van der Waals surface area contributed by atoms with Gasteiger partial charge in [0.2, 0.25) is 0 Å². The van der Waals surface area contributed by atoms with Gasteiger partial charge >= 0.3 is 0 Å². The second-order valence-electron chi connectivity index (χ2n) is 10.8. The number of hydrogen-bond acceptors (Lipinski definition) is 6. The summed E-state index contributed by atoms with van der Waals surface area (Å²) in [5.41, 5.74) is 2.12. The molecule has 0 bridgehead atoms. The lowest BCUT2D eigenvalue weighted by Crippen LogP contribution is -2.48. The Morgan fingerprint density at radius 3 is 2.71 bits per heavy atom. The average Bonchev–Trinajstić information content (AvgIpc) is 3.21. The number of aromatic amines is 1. The molecule has 7 nitrogen and oxygen atoms in total. The molecule has 186 valence electrons. The molecule has 1 saturated heterocycles. The molecule has 2 aromatic heterocycles. The number of methoxy groups -OCH3 is 1. The Morgan fingerprint density at radius 1 is 1.23 bits per heavy atom. The van der Waals surface area contributed by atoms with Crippen molar-refractivity contribution < 1.29 is 9.53 Å². The van der Waals surface area contributed by atoms with Crippen LogP contribution in [-0.4, -0.2) is 59.0 Å². The third-order valence-electron chi connectivity index (χ3n) is 7.54. The molecule has 5 rings (SSSR count). The van der Waals surface area contributed by atoms with Gasteiger partial charge in [-0.2, -0.15) is 0 Å². The topological polar surface area (TPSA) is 78.5 Å². The van der Waals surface area contributed by atoms with Gasteiger partial charge in [0.1, 0.15) is 16.4 Å². The van der Waals surface area contributed by atoms with Crippen LogP contribution in [0.3, 0.4) is 0 Å². The van der Waals surface area contributed by atoms with Crippen LogP contribution in [0.2, 0.25) is 0 Å². The maximum absolute atomic E-state index is 13.0. The molecule has 1 unspecified atom stereocenters. The fourth-order valence-corrected chi connectivity index (χ4v) is 6.62. The minimum atomic E-state index is -0.0106. The van der Waals surface area contributed by atoms with E-state index in [-0.39, 0.29) is 16.9 Å². The van der Waals surface area contributed by atoms with Crippen molar-refractivity contribution in [2.24, 2.45) is 11.3 Å². The maximum atomic E-state index is 13.0. The van der Waals surface area contributed by atoms with Gasteiger partial charge in [-0.3, -0.25) is 14.5 Å². The molecule has 0 spiro atoms. The molecule has 1 amide bonds. The van der Waals surface area contributed by atoms with Gasteiger partial charge in [0.25, 0.3) is 11.5 Å². The van der Waals surface area contributed by atoms with Gasteiger partial charge in [-0.25, -0.2) is 4.98 Å². The number of nitrogens with one attached hydrogen (secondary N) is 1. The Kier molecular flexibility index (Phi) is 6.44. The van der Waals surface area contributed by atoms with E-state index in [1.165, 1.54) is 10.4 Å². The summed E-state index contributed by atoms with van der Waals surface area (Å²) >= 11 is 1.70. The number of H-pyrrole nitrogens is 1. The summed E-state index contributed by atoms with van der Waals surface area (Å²) in [7, 11) is 1.60. The predicted molar refractivity (Wildman–Crippen MR) is 139 cm³/mol. The number of piperazine rings is 1. The highest BCUT2D eigenvalue weighted by Crippen LogP contribution is 2.42. The zero-order valence-electron chi connectivity index (χ0n) is 21.0. The van der Waals surface area contributed by atoms with E-state index in [0.29, 0.717) is 42.7 Å². The number of fused-ring (bicyclic) bond motifs is 3. The van der Waals surface area contributed by atoms with Crippen LogP contribution in [0.25, 0.3) is 10.2 Å². The van der Waals surface area contributed by atoms with Crippen LogP contribution in [0.1, 0.15) is 53.8 Å². The summed E-state index contributed by atoms with van der Waals surface area (Å²) in [4.78, 5) is 40.2. The first-order valence-corrected chi connectivity index (χ1v) is 13.2. The van der Waals surface area contributed by atoms with Gasteiger partial charge in [-0.1, -0.05) is 26.8 Å². The maximum Gasteiger partial charge on any atom is 0.259 e. The molecular weight excluding hydrogens is 460 g/mol. The number of aromatic nitrogens is 2. The number of nitrogens with zero attached hydrogens (tertiary/aromatic N) is 3. The quantitative estimate of drug-likeness (QED) is 0.591. The monoisotopic (exact) mass is 494 g/mol. The highest BCUT2D eigenvalue weighted by atomic mass is 32.1. The second-order valence-corrected chi connectivity index (χ2v) is 11.9. The SMILES string of the molecule is COc1cccc(C(=O)N2CCN(Cc3nc4sc5c(c4c(=O)[nH]3)CCC(C(C)(C)C)C5)CC2)c1. The molecule has 8 heteroatoms. The lowest BCUT2D eigenvalue weighted by atomic mass is 9.72. The van der Waals surface area contributed by atoms with E-state index in [2.05, 4.69) is 30.7 Å². The van der Waals surface area contributed by atoms with Crippen molar-refractivity contribution in [1.29, 1.82) is 0 Å². The molecular formula is C27H34N4O3S. The van der Waals surface area contributed by atoms with Crippen LogP contribution in [0.4, 0.5) is 0 Å². The molecule has 3 aromatic rings. The van der Waals surface area contributed by atoms with Crippen LogP contribution in [0.5, 0.6) is 5.75 Å². The molecule has 1 aliphatic heterocycles. The Labute approximate surface area is 210 Å². The van der Waals surface area contributed by atoms with Gasteiger partial charge in [0.15, 0.2) is 0 Å². The van der Waals surface area contributed by atoms with Crippen molar-refractivity contribution in [1.82, 2.24) is 19.8 Å². The fraction of sp³-hybridized carbons (Fsp3) is 0.519. The smallest absolute Gasteiger partial charge is 0.259 e. The minimum Gasteiger partial charge on any atom is -0.497 e. The first-order valence-electron chi connectivity index (χ1n) is 12.4. The molecule has 2 aliphatic rings. The predicted octanol–water partition coefficient (Wildman–Crippen LogP) is 4.10. The average molecular weight is 495 g/mol. The van der Waals surface area contributed by atoms with Crippen molar-refractivity contribution in [3.8, 4) is 5.75 Å². The first kappa shape index (κ1) is 24.0. The highest BCUT2D eigenvalue weighted by Gasteiger charge is 2.32. The number of amides is 1. The van der Waals surface area contributed by atoms with E-state index < -0.39 is 0 Å². The van der Waals surface area contributed by atoms with E-state index in [9.17, 15) is 9.59 Å². The van der Waals surface area contributed by atoms with E-state index in [4.69, 9.17) is 9.72 Å². The summed E-state index contributed by atoms with van der Waals surface area (Å²) in [6.45, 7) is 10.3. The number of carbonyl (C=O) groups excluding carboxylic acids is 1. The van der Waals surface area contributed by atoms with Crippen LogP contribution >= 0.6 is 11.3 Å². The number of carbonyl (C=O) groups is 1. The Balaban J connectivity index is 1.26. The zero-order chi connectivity index (χ0) is 24.7. The third kappa shape index (κ3) is 4.86. The van der Waals surface area contributed by atoms with E-state index in [1.807, 2.05) is 23.1 Å². The Morgan fingerprint density at radius 2 is 2.00 bits per heavy atom. The number of aryl methyl sites for hydroxylation is 1. The van der Waals surface area contributed by atoms with Crippen LogP contribution in [0.15, 0.2) is 29.1 Å². The highest BCUT2D eigenvalue weighted by molar-refractivity contribution is 7.18. The molecule has 35 heavy (non-hydrogen) atoms. The summed E-state index contributed by atoms with van der Waals surface area (Å²) in [6, 6.07) is 7.28. The Hall–Kier alpha value is -2.71. The third-order valence-corrected chi connectivity index (χ3v) is 8.69.